The SMILES string of the molecule is N#Cc1ccc(Br)cc1N1C(=O)c2cccc(N)c2C1=O. The van der Waals surface area contributed by atoms with Gasteiger partial charge in [-0.05, 0) is 30.3 Å². The molecule has 2 aromatic rings. The fourth-order valence-electron chi connectivity index (χ4n) is 2.31. The third-order valence-corrected chi connectivity index (χ3v) is 3.76. The van der Waals surface area contributed by atoms with E-state index in [0.717, 1.165) is 4.90 Å². The fraction of sp³-hybridized carbons (Fsp3) is 0. The van der Waals surface area contributed by atoms with Gasteiger partial charge in [0.2, 0.25) is 0 Å². The second-order valence-corrected chi connectivity index (χ2v) is 5.40. The van der Waals surface area contributed by atoms with Crippen molar-refractivity contribution >= 4 is 39.1 Å². The molecule has 1 heterocycles. The average Bonchev–Trinajstić information content (AvgIpc) is 2.72. The van der Waals surface area contributed by atoms with Crippen molar-refractivity contribution in [2.75, 3.05) is 10.6 Å². The van der Waals surface area contributed by atoms with Crippen molar-refractivity contribution in [1.82, 2.24) is 0 Å². The molecule has 0 aromatic heterocycles. The summed E-state index contributed by atoms with van der Waals surface area (Å²) in [5, 5.41) is 9.17. The number of imide groups is 1. The molecule has 2 aromatic carbocycles. The van der Waals surface area contributed by atoms with Crippen LogP contribution < -0.4 is 10.6 Å². The summed E-state index contributed by atoms with van der Waals surface area (Å²) in [6, 6.07) is 11.5. The van der Waals surface area contributed by atoms with Crippen LogP contribution in [0.1, 0.15) is 26.3 Å². The van der Waals surface area contributed by atoms with Gasteiger partial charge in [0.1, 0.15) is 6.07 Å². The van der Waals surface area contributed by atoms with E-state index in [4.69, 9.17) is 5.73 Å². The van der Waals surface area contributed by atoms with E-state index >= 15 is 0 Å². The van der Waals surface area contributed by atoms with Crippen LogP contribution in [-0.4, -0.2) is 11.8 Å². The summed E-state index contributed by atoms with van der Waals surface area (Å²) in [5.74, 6) is -0.986. The maximum Gasteiger partial charge on any atom is 0.268 e. The van der Waals surface area contributed by atoms with Crippen LogP contribution in [0.25, 0.3) is 0 Å². The lowest BCUT2D eigenvalue weighted by atomic mass is 10.1. The molecule has 0 fully saturated rings. The normalized spacial score (nSPS) is 13.2. The van der Waals surface area contributed by atoms with Crippen LogP contribution in [0, 0.1) is 11.3 Å². The van der Waals surface area contributed by atoms with Gasteiger partial charge in [-0.2, -0.15) is 5.26 Å². The molecule has 0 aliphatic carbocycles. The molecule has 0 radical (unpaired) electrons. The number of nitrogens with zero attached hydrogens (tertiary/aromatic N) is 2. The Morgan fingerprint density at radius 2 is 1.90 bits per heavy atom. The van der Waals surface area contributed by atoms with Crippen molar-refractivity contribution in [2.24, 2.45) is 0 Å². The second kappa shape index (κ2) is 4.72. The molecule has 0 bridgehead atoms. The summed E-state index contributed by atoms with van der Waals surface area (Å²) in [6.45, 7) is 0. The molecule has 102 valence electrons. The summed E-state index contributed by atoms with van der Waals surface area (Å²) >= 11 is 3.28. The number of nitrogens with two attached hydrogens (primary N) is 1. The van der Waals surface area contributed by atoms with Crippen LogP contribution in [0.2, 0.25) is 0 Å². The molecule has 5 nitrogen and oxygen atoms in total. The number of benzene rings is 2. The fourth-order valence-corrected chi connectivity index (χ4v) is 2.66. The van der Waals surface area contributed by atoms with Crippen LogP contribution >= 0.6 is 15.9 Å². The Balaban J connectivity index is 2.22. The Kier molecular flexibility index (Phi) is 3.00. The van der Waals surface area contributed by atoms with Gasteiger partial charge in [0.25, 0.3) is 11.8 Å². The number of fused-ring (bicyclic) bond motifs is 1. The van der Waals surface area contributed by atoms with Crippen molar-refractivity contribution in [3.8, 4) is 6.07 Å². The Labute approximate surface area is 128 Å². The summed E-state index contributed by atoms with van der Waals surface area (Å²) in [7, 11) is 0. The highest BCUT2D eigenvalue weighted by atomic mass is 79.9. The molecule has 2 amide bonds. The quantitative estimate of drug-likeness (QED) is 0.638. The number of nitrogen functional groups attached to an aromatic ring is 1. The molecule has 0 unspecified atom stereocenters. The first-order valence-corrected chi connectivity index (χ1v) is 6.81. The smallest absolute Gasteiger partial charge is 0.268 e. The van der Waals surface area contributed by atoms with E-state index in [1.54, 1.807) is 36.4 Å². The third kappa shape index (κ3) is 1.90. The number of halogens is 1. The first kappa shape index (κ1) is 13.3. The van der Waals surface area contributed by atoms with Crippen LogP contribution in [0.3, 0.4) is 0 Å². The molecule has 0 saturated carbocycles. The van der Waals surface area contributed by atoms with Gasteiger partial charge in [-0.3, -0.25) is 9.59 Å². The van der Waals surface area contributed by atoms with Crippen molar-refractivity contribution < 1.29 is 9.59 Å². The lowest BCUT2D eigenvalue weighted by Gasteiger charge is -2.15. The number of carbonyl (C=O) groups is 2. The van der Waals surface area contributed by atoms with Gasteiger partial charge in [-0.1, -0.05) is 22.0 Å². The van der Waals surface area contributed by atoms with Crippen LogP contribution in [0.4, 0.5) is 11.4 Å². The monoisotopic (exact) mass is 341 g/mol. The standard InChI is InChI=1S/C15H8BrN3O2/c16-9-5-4-8(7-17)12(6-9)19-14(20)10-2-1-3-11(18)13(10)15(19)21/h1-6H,18H2. The van der Waals surface area contributed by atoms with Crippen LogP contribution in [-0.2, 0) is 0 Å². The van der Waals surface area contributed by atoms with E-state index in [-0.39, 0.29) is 28.1 Å². The first-order valence-electron chi connectivity index (χ1n) is 6.01. The molecule has 0 atom stereocenters. The lowest BCUT2D eigenvalue weighted by Crippen LogP contribution is -2.30. The third-order valence-electron chi connectivity index (χ3n) is 3.27. The number of anilines is 2. The Morgan fingerprint density at radius 1 is 1.14 bits per heavy atom. The van der Waals surface area contributed by atoms with E-state index < -0.39 is 11.8 Å². The molecule has 0 spiro atoms. The minimum Gasteiger partial charge on any atom is -0.398 e. The van der Waals surface area contributed by atoms with Gasteiger partial charge in [0.05, 0.1) is 22.4 Å². The average molecular weight is 342 g/mol. The summed E-state index contributed by atoms with van der Waals surface area (Å²) in [4.78, 5) is 26.0. The Bertz CT molecular complexity index is 839. The minimum atomic E-state index is -0.511. The Hall–Kier alpha value is -2.65. The van der Waals surface area contributed by atoms with E-state index in [1.807, 2.05) is 6.07 Å². The van der Waals surface area contributed by atoms with Crippen molar-refractivity contribution in [2.45, 2.75) is 0 Å². The number of amides is 2. The van der Waals surface area contributed by atoms with Gasteiger partial charge >= 0.3 is 0 Å². The predicted octanol–water partition coefficient (Wildman–Crippen LogP) is 2.70. The lowest BCUT2D eigenvalue weighted by molar-refractivity contribution is 0.0926. The highest BCUT2D eigenvalue weighted by Crippen LogP contribution is 2.34. The molecule has 1 aliphatic heterocycles. The molecule has 6 heteroatoms. The maximum absolute atomic E-state index is 12.5. The summed E-state index contributed by atoms with van der Waals surface area (Å²) < 4.78 is 0.668. The van der Waals surface area contributed by atoms with Gasteiger partial charge in [-0.25, -0.2) is 4.90 Å². The van der Waals surface area contributed by atoms with Crippen molar-refractivity contribution in [3.63, 3.8) is 0 Å². The number of hydrogen-bond donors (Lipinski definition) is 1. The van der Waals surface area contributed by atoms with Gasteiger partial charge in [-0.15, -0.1) is 0 Å². The topological polar surface area (TPSA) is 87.2 Å². The number of nitriles is 1. The molecule has 3 rings (SSSR count). The minimum absolute atomic E-state index is 0.186. The van der Waals surface area contributed by atoms with Crippen molar-refractivity contribution in [1.29, 1.82) is 5.26 Å². The molecular weight excluding hydrogens is 334 g/mol. The Morgan fingerprint density at radius 3 is 2.57 bits per heavy atom. The molecule has 1 aliphatic rings. The zero-order valence-electron chi connectivity index (χ0n) is 10.6. The van der Waals surface area contributed by atoms with Crippen LogP contribution in [0.5, 0.6) is 0 Å². The predicted molar refractivity (Wildman–Crippen MR) is 80.9 cm³/mol. The number of rotatable bonds is 1. The van der Waals surface area contributed by atoms with E-state index in [0.29, 0.717) is 4.47 Å². The van der Waals surface area contributed by atoms with Gasteiger partial charge < -0.3 is 5.73 Å². The zero-order chi connectivity index (χ0) is 15.1. The van der Waals surface area contributed by atoms with Crippen molar-refractivity contribution in [3.05, 3.63) is 57.6 Å². The van der Waals surface area contributed by atoms with E-state index in [1.165, 1.54) is 0 Å². The van der Waals surface area contributed by atoms with Gasteiger partial charge in [0.15, 0.2) is 0 Å². The summed E-state index contributed by atoms with van der Waals surface area (Å²) in [6.07, 6.45) is 0. The zero-order valence-corrected chi connectivity index (χ0v) is 12.2. The maximum atomic E-state index is 12.5. The van der Waals surface area contributed by atoms with Gasteiger partial charge in [0, 0.05) is 10.2 Å². The highest BCUT2D eigenvalue weighted by Gasteiger charge is 2.39. The molecule has 21 heavy (non-hydrogen) atoms. The largest absolute Gasteiger partial charge is 0.398 e. The summed E-state index contributed by atoms with van der Waals surface area (Å²) in [5.41, 5.74) is 6.97. The van der Waals surface area contributed by atoms with Crippen LogP contribution in [0.15, 0.2) is 40.9 Å². The molecule has 2 N–H and O–H groups in total. The molecule has 0 saturated heterocycles. The number of carbonyl (C=O) groups excluding carboxylic acids is 2. The first-order chi connectivity index (χ1) is 10.0. The number of hydrogen-bond acceptors (Lipinski definition) is 4. The second-order valence-electron chi connectivity index (χ2n) is 4.49. The highest BCUT2D eigenvalue weighted by molar-refractivity contribution is 9.10. The van der Waals surface area contributed by atoms with E-state index in [9.17, 15) is 14.9 Å². The van der Waals surface area contributed by atoms with E-state index in [2.05, 4.69) is 15.9 Å². The molecular formula is C15H8BrN3O2.